The van der Waals surface area contributed by atoms with E-state index in [1.165, 1.54) is 0 Å². The Labute approximate surface area is 162 Å². The lowest BCUT2D eigenvalue weighted by molar-refractivity contribution is -0.0135. The van der Waals surface area contributed by atoms with E-state index in [1.807, 2.05) is 24.3 Å². The minimum atomic E-state index is -2.62. The maximum Gasteiger partial charge on any atom is 0.249 e. The third-order valence-electron chi connectivity index (χ3n) is 5.34. The number of benzene rings is 1. The number of hydrogen-bond donors (Lipinski definition) is 1. The summed E-state index contributed by atoms with van der Waals surface area (Å²) in [5.74, 6) is -3.12. The number of rotatable bonds is 3. The molecule has 0 aliphatic carbocycles. The number of anilines is 2. The van der Waals surface area contributed by atoms with Gasteiger partial charge < -0.3 is 10.6 Å². The second kappa shape index (κ2) is 7.31. The van der Waals surface area contributed by atoms with Crippen molar-refractivity contribution in [3.63, 3.8) is 0 Å². The van der Waals surface area contributed by atoms with Gasteiger partial charge in [0, 0.05) is 55.1 Å². The molecule has 28 heavy (non-hydrogen) atoms. The first-order valence-electron chi connectivity index (χ1n) is 9.38. The molecule has 1 aromatic heterocycles. The minimum Gasteiger partial charge on any atom is -0.366 e. The Bertz CT molecular complexity index is 915. The highest BCUT2D eigenvalue weighted by atomic mass is 19.3. The fourth-order valence-corrected chi connectivity index (χ4v) is 3.90. The summed E-state index contributed by atoms with van der Waals surface area (Å²) in [7, 11) is 0. The van der Waals surface area contributed by atoms with Crippen LogP contribution in [0.25, 0.3) is 6.08 Å². The van der Waals surface area contributed by atoms with Gasteiger partial charge >= 0.3 is 0 Å². The van der Waals surface area contributed by atoms with E-state index in [2.05, 4.69) is 14.8 Å². The Hall–Kier alpha value is -2.80. The Kier molecular flexibility index (Phi) is 4.85. The second-order valence-corrected chi connectivity index (χ2v) is 7.24. The standard InChI is InChI=1S/C21H22F2N4O/c22-21(23)8-2-11-26(12-9-21)19-6-5-16-14-25-10-7-18(16)27(19)17-4-1-3-15(13-17)20(24)28/h1,3-7,10,13-14,19H,2,8-9,11-12H2,(H2,24,28). The Morgan fingerprint density at radius 1 is 1.21 bits per heavy atom. The largest absolute Gasteiger partial charge is 0.366 e. The van der Waals surface area contributed by atoms with Crippen molar-refractivity contribution >= 4 is 23.4 Å². The molecule has 5 nitrogen and oxygen atoms in total. The Morgan fingerprint density at radius 3 is 2.89 bits per heavy atom. The number of nitrogens with zero attached hydrogens (tertiary/aromatic N) is 3. The maximum absolute atomic E-state index is 13.9. The van der Waals surface area contributed by atoms with Crippen molar-refractivity contribution in [1.29, 1.82) is 0 Å². The van der Waals surface area contributed by atoms with Crippen molar-refractivity contribution in [1.82, 2.24) is 9.88 Å². The van der Waals surface area contributed by atoms with Gasteiger partial charge in [-0.3, -0.25) is 14.7 Å². The van der Waals surface area contributed by atoms with Crippen LogP contribution in [0.3, 0.4) is 0 Å². The molecule has 4 rings (SSSR count). The molecule has 0 saturated carbocycles. The number of primary amides is 1. The molecular formula is C21H22F2N4O. The fourth-order valence-electron chi connectivity index (χ4n) is 3.90. The monoisotopic (exact) mass is 384 g/mol. The number of amides is 1. The molecular weight excluding hydrogens is 362 g/mol. The number of nitrogens with two attached hydrogens (primary N) is 1. The average molecular weight is 384 g/mol. The number of hydrogen-bond acceptors (Lipinski definition) is 4. The molecule has 1 unspecified atom stereocenters. The van der Waals surface area contributed by atoms with E-state index >= 15 is 0 Å². The predicted octanol–water partition coefficient (Wildman–Crippen LogP) is 3.79. The van der Waals surface area contributed by atoms with Gasteiger partial charge in [0.25, 0.3) is 0 Å². The second-order valence-electron chi connectivity index (χ2n) is 7.24. The van der Waals surface area contributed by atoms with E-state index in [0.29, 0.717) is 25.1 Å². The molecule has 0 spiro atoms. The number of alkyl halides is 2. The number of aromatic nitrogens is 1. The van der Waals surface area contributed by atoms with Gasteiger partial charge in [-0.05, 0) is 36.8 Å². The normalized spacial score (nSPS) is 21.8. The van der Waals surface area contributed by atoms with Crippen LogP contribution in [-0.2, 0) is 0 Å². The molecule has 7 heteroatoms. The molecule has 2 aromatic rings. The molecule has 0 bridgehead atoms. The number of fused-ring (bicyclic) bond motifs is 1. The molecule has 2 aliphatic heterocycles. The van der Waals surface area contributed by atoms with E-state index in [0.717, 1.165) is 16.9 Å². The first kappa shape index (κ1) is 18.6. The third-order valence-corrected chi connectivity index (χ3v) is 5.34. The molecule has 0 radical (unpaired) electrons. The first-order valence-corrected chi connectivity index (χ1v) is 9.38. The number of pyridine rings is 1. The molecule has 2 N–H and O–H groups in total. The molecule has 1 amide bonds. The topological polar surface area (TPSA) is 62.5 Å². The lowest BCUT2D eigenvalue weighted by atomic mass is 10.0. The van der Waals surface area contributed by atoms with E-state index in [1.54, 1.807) is 30.6 Å². The predicted molar refractivity (Wildman–Crippen MR) is 105 cm³/mol. The summed E-state index contributed by atoms with van der Waals surface area (Å²) >= 11 is 0. The van der Waals surface area contributed by atoms with Crippen LogP contribution in [0.15, 0.2) is 48.8 Å². The molecule has 1 atom stereocenters. The van der Waals surface area contributed by atoms with E-state index in [4.69, 9.17) is 5.73 Å². The van der Waals surface area contributed by atoms with Gasteiger partial charge in [0.15, 0.2) is 0 Å². The zero-order valence-electron chi connectivity index (χ0n) is 15.4. The summed E-state index contributed by atoms with van der Waals surface area (Å²) < 4.78 is 27.8. The molecule has 3 heterocycles. The first-order chi connectivity index (χ1) is 13.4. The average Bonchev–Trinajstić information content (AvgIpc) is 2.87. The van der Waals surface area contributed by atoms with Crippen LogP contribution in [0.1, 0.15) is 35.2 Å². The zero-order chi connectivity index (χ0) is 19.7. The molecule has 1 aromatic carbocycles. The van der Waals surface area contributed by atoms with Crippen LogP contribution in [0.4, 0.5) is 20.2 Å². The molecule has 2 aliphatic rings. The van der Waals surface area contributed by atoms with Crippen molar-refractivity contribution in [3.05, 3.63) is 59.9 Å². The highest BCUT2D eigenvalue weighted by Crippen LogP contribution is 2.38. The van der Waals surface area contributed by atoms with Crippen LogP contribution in [0.2, 0.25) is 0 Å². The highest BCUT2D eigenvalue weighted by Gasteiger charge is 2.36. The van der Waals surface area contributed by atoms with Crippen LogP contribution >= 0.6 is 0 Å². The number of halogens is 2. The van der Waals surface area contributed by atoms with Crippen LogP contribution in [0.5, 0.6) is 0 Å². The summed E-state index contributed by atoms with van der Waals surface area (Å²) in [6, 6.07) is 8.98. The van der Waals surface area contributed by atoms with Gasteiger partial charge in [0.2, 0.25) is 11.8 Å². The van der Waals surface area contributed by atoms with Gasteiger partial charge in [-0.15, -0.1) is 0 Å². The van der Waals surface area contributed by atoms with Gasteiger partial charge in [0.1, 0.15) is 6.17 Å². The van der Waals surface area contributed by atoms with Crippen molar-refractivity contribution in [2.45, 2.75) is 31.4 Å². The molecule has 146 valence electrons. The van der Waals surface area contributed by atoms with Gasteiger partial charge in [-0.25, -0.2) is 8.78 Å². The number of carbonyl (C=O) groups excluding carboxylic acids is 1. The summed E-state index contributed by atoms with van der Waals surface area (Å²) in [4.78, 5) is 20.0. The van der Waals surface area contributed by atoms with Crippen molar-refractivity contribution < 1.29 is 13.6 Å². The Balaban J connectivity index is 1.75. The SMILES string of the molecule is NC(=O)c1cccc(N2c3ccncc3C=CC2N2CCCC(F)(F)CC2)c1. The molecule has 1 saturated heterocycles. The summed E-state index contributed by atoms with van der Waals surface area (Å²) in [6.07, 6.45) is 7.42. The third kappa shape index (κ3) is 3.62. The maximum atomic E-state index is 13.9. The fraction of sp³-hybridized carbons (Fsp3) is 0.333. The summed E-state index contributed by atoms with van der Waals surface area (Å²) in [6.45, 7) is 0.880. The van der Waals surface area contributed by atoms with Gasteiger partial charge in [-0.1, -0.05) is 12.1 Å². The number of likely N-dealkylation sites (tertiary alicyclic amines) is 1. The Morgan fingerprint density at radius 2 is 2.07 bits per heavy atom. The summed E-state index contributed by atoms with van der Waals surface area (Å²) in [5.41, 5.74) is 8.50. The van der Waals surface area contributed by atoms with Crippen molar-refractivity contribution in [2.24, 2.45) is 5.73 Å². The highest BCUT2D eigenvalue weighted by molar-refractivity contribution is 5.94. The van der Waals surface area contributed by atoms with Crippen molar-refractivity contribution in [2.75, 3.05) is 18.0 Å². The van der Waals surface area contributed by atoms with Gasteiger partial charge in [0.05, 0.1) is 5.69 Å². The zero-order valence-corrected chi connectivity index (χ0v) is 15.4. The lowest BCUT2D eigenvalue weighted by Crippen LogP contribution is -2.47. The quantitative estimate of drug-likeness (QED) is 0.875. The van der Waals surface area contributed by atoms with E-state index in [-0.39, 0.29) is 19.0 Å². The van der Waals surface area contributed by atoms with Gasteiger partial charge in [-0.2, -0.15) is 0 Å². The lowest BCUT2D eigenvalue weighted by Gasteiger charge is -2.41. The van der Waals surface area contributed by atoms with E-state index in [9.17, 15) is 13.6 Å². The number of carbonyl (C=O) groups is 1. The van der Waals surface area contributed by atoms with Crippen LogP contribution in [0, 0.1) is 0 Å². The summed E-state index contributed by atoms with van der Waals surface area (Å²) in [5, 5.41) is 0. The van der Waals surface area contributed by atoms with E-state index < -0.39 is 11.8 Å². The minimum absolute atomic E-state index is 0.0857. The van der Waals surface area contributed by atoms with Crippen molar-refractivity contribution in [3.8, 4) is 0 Å². The smallest absolute Gasteiger partial charge is 0.249 e. The van der Waals surface area contributed by atoms with Crippen LogP contribution < -0.4 is 10.6 Å². The molecule has 1 fully saturated rings. The van der Waals surface area contributed by atoms with Crippen LogP contribution in [-0.4, -0.2) is 41.0 Å².